The third-order valence-corrected chi connectivity index (χ3v) is 4.32. The molecule has 1 rings (SSSR count). The van der Waals surface area contributed by atoms with Gasteiger partial charge in [-0.05, 0) is 30.4 Å². The van der Waals surface area contributed by atoms with Crippen molar-refractivity contribution in [3.63, 3.8) is 0 Å². The Hall–Kier alpha value is -1.17. The Bertz CT molecular complexity index is 580. The van der Waals surface area contributed by atoms with E-state index in [0.29, 0.717) is 47.1 Å². The number of benzene rings is 1. The van der Waals surface area contributed by atoms with Crippen LogP contribution in [0, 0.1) is 11.8 Å². The van der Waals surface area contributed by atoms with Gasteiger partial charge in [0.25, 0.3) is 5.91 Å². The third kappa shape index (κ3) is 7.22. The summed E-state index contributed by atoms with van der Waals surface area (Å²) in [6.45, 7) is 9.37. The van der Waals surface area contributed by atoms with Gasteiger partial charge in [-0.3, -0.25) is 4.79 Å². The SMILES string of the molecule is COc1cc(C(=O)N(C)CCC(N)C(C)C)cc(Cl)c1OCC(C)C.Cl. The summed E-state index contributed by atoms with van der Waals surface area (Å²) in [5.41, 5.74) is 6.53. The highest BCUT2D eigenvalue weighted by Gasteiger charge is 2.19. The fraction of sp³-hybridized carbons (Fsp3) is 0.632. The molecule has 0 heterocycles. The van der Waals surface area contributed by atoms with E-state index >= 15 is 0 Å². The number of nitrogens with two attached hydrogens (primary N) is 1. The zero-order valence-electron chi connectivity index (χ0n) is 16.5. The Morgan fingerprint density at radius 3 is 2.38 bits per heavy atom. The van der Waals surface area contributed by atoms with E-state index in [1.807, 2.05) is 0 Å². The van der Waals surface area contributed by atoms with Crippen LogP contribution in [-0.2, 0) is 0 Å². The molecule has 0 aromatic heterocycles. The van der Waals surface area contributed by atoms with Crippen LogP contribution in [0.5, 0.6) is 11.5 Å². The quantitative estimate of drug-likeness (QED) is 0.665. The summed E-state index contributed by atoms with van der Waals surface area (Å²) in [5, 5.41) is 0.371. The molecule has 0 saturated carbocycles. The number of carbonyl (C=O) groups excluding carboxylic acids is 1. The molecule has 0 radical (unpaired) electrons. The van der Waals surface area contributed by atoms with Crippen LogP contribution in [0.1, 0.15) is 44.5 Å². The molecule has 26 heavy (non-hydrogen) atoms. The average Bonchev–Trinajstić information content (AvgIpc) is 2.56. The monoisotopic (exact) mass is 406 g/mol. The van der Waals surface area contributed by atoms with E-state index in [1.54, 1.807) is 24.1 Å². The molecule has 150 valence electrons. The predicted molar refractivity (Wildman–Crippen MR) is 110 cm³/mol. The normalized spacial score (nSPS) is 11.9. The number of rotatable bonds is 9. The number of methoxy groups -OCH3 is 1. The summed E-state index contributed by atoms with van der Waals surface area (Å²) >= 11 is 6.32. The lowest BCUT2D eigenvalue weighted by Crippen LogP contribution is -2.34. The molecule has 0 spiro atoms. The minimum atomic E-state index is -0.119. The van der Waals surface area contributed by atoms with Gasteiger partial charge in [-0.15, -0.1) is 12.4 Å². The lowest BCUT2D eigenvalue weighted by Gasteiger charge is -2.22. The lowest BCUT2D eigenvalue weighted by atomic mass is 10.0. The third-order valence-electron chi connectivity index (χ3n) is 4.04. The van der Waals surface area contributed by atoms with Crippen LogP contribution >= 0.6 is 24.0 Å². The summed E-state index contributed by atoms with van der Waals surface area (Å²) in [6.07, 6.45) is 0.750. The summed E-state index contributed by atoms with van der Waals surface area (Å²) < 4.78 is 11.1. The first kappa shape index (κ1) is 24.8. The smallest absolute Gasteiger partial charge is 0.253 e. The van der Waals surface area contributed by atoms with Crippen molar-refractivity contribution in [1.29, 1.82) is 0 Å². The molecule has 0 aliphatic rings. The molecule has 0 fully saturated rings. The first-order valence-electron chi connectivity index (χ1n) is 8.68. The molecule has 0 aliphatic carbocycles. The summed E-state index contributed by atoms with van der Waals surface area (Å²) in [6, 6.07) is 3.36. The van der Waals surface area contributed by atoms with Gasteiger partial charge in [0, 0.05) is 25.2 Å². The largest absolute Gasteiger partial charge is 0.493 e. The summed E-state index contributed by atoms with van der Waals surface area (Å²) in [7, 11) is 3.30. The fourth-order valence-electron chi connectivity index (χ4n) is 2.23. The van der Waals surface area contributed by atoms with Crippen molar-refractivity contribution in [3.8, 4) is 11.5 Å². The van der Waals surface area contributed by atoms with E-state index in [4.69, 9.17) is 26.8 Å². The molecule has 7 heteroatoms. The molecule has 0 saturated heterocycles. The van der Waals surface area contributed by atoms with E-state index < -0.39 is 0 Å². The van der Waals surface area contributed by atoms with Crippen molar-refractivity contribution >= 4 is 29.9 Å². The maximum absolute atomic E-state index is 12.7. The predicted octanol–water partition coefficient (Wildman–Crippen LogP) is 4.25. The number of hydrogen-bond acceptors (Lipinski definition) is 4. The first-order chi connectivity index (χ1) is 11.7. The van der Waals surface area contributed by atoms with Gasteiger partial charge in [-0.1, -0.05) is 39.3 Å². The van der Waals surface area contributed by atoms with E-state index in [2.05, 4.69) is 27.7 Å². The van der Waals surface area contributed by atoms with Crippen molar-refractivity contribution in [2.24, 2.45) is 17.6 Å². The maximum Gasteiger partial charge on any atom is 0.253 e. The molecule has 1 unspecified atom stereocenters. The van der Waals surface area contributed by atoms with E-state index in [9.17, 15) is 4.79 Å². The molecular formula is C19H32Cl2N2O3. The molecule has 2 N–H and O–H groups in total. The Morgan fingerprint density at radius 2 is 1.88 bits per heavy atom. The van der Waals surface area contributed by atoms with Gasteiger partial charge in [-0.25, -0.2) is 0 Å². The second-order valence-electron chi connectivity index (χ2n) is 7.12. The van der Waals surface area contributed by atoms with Crippen LogP contribution in [0.3, 0.4) is 0 Å². The maximum atomic E-state index is 12.7. The Labute approximate surface area is 168 Å². The average molecular weight is 407 g/mol. The number of amides is 1. The van der Waals surface area contributed by atoms with E-state index in [1.165, 1.54) is 7.11 Å². The highest BCUT2D eigenvalue weighted by Crippen LogP contribution is 2.37. The molecule has 0 bridgehead atoms. The van der Waals surface area contributed by atoms with E-state index in [-0.39, 0.29) is 24.4 Å². The molecule has 1 atom stereocenters. The number of ether oxygens (including phenoxy) is 2. The Kier molecular flexibility index (Phi) is 11.0. The van der Waals surface area contributed by atoms with Crippen molar-refractivity contribution in [2.45, 2.75) is 40.2 Å². The Balaban J connectivity index is 0.00000625. The second-order valence-corrected chi connectivity index (χ2v) is 7.52. The number of hydrogen-bond donors (Lipinski definition) is 1. The van der Waals surface area contributed by atoms with Crippen molar-refractivity contribution in [1.82, 2.24) is 4.90 Å². The van der Waals surface area contributed by atoms with Gasteiger partial charge in [0.15, 0.2) is 11.5 Å². The van der Waals surface area contributed by atoms with Crippen LogP contribution in [0.2, 0.25) is 5.02 Å². The number of carbonyl (C=O) groups is 1. The van der Waals surface area contributed by atoms with Crippen LogP contribution in [0.15, 0.2) is 12.1 Å². The van der Waals surface area contributed by atoms with Crippen LogP contribution in [-0.4, -0.2) is 44.2 Å². The van der Waals surface area contributed by atoms with Gasteiger partial charge >= 0.3 is 0 Å². The molecule has 1 aromatic carbocycles. The van der Waals surface area contributed by atoms with Gasteiger partial charge in [0.2, 0.25) is 0 Å². The second kappa shape index (κ2) is 11.5. The minimum absolute atomic E-state index is 0. The number of nitrogens with zero attached hydrogens (tertiary/aromatic N) is 1. The van der Waals surface area contributed by atoms with Gasteiger partial charge in [-0.2, -0.15) is 0 Å². The lowest BCUT2D eigenvalue weighted by molar-refractivity contribution is 0.0788. The highest BCUT2D eigenvalue weighted by atomic mass is 35.5. The van der Waals surface area contributed by atoms with Crippen molar-refractivity contribution in [3.05, 3.63) is 22.7 Å². The molecule has 0 aliphatic heterocycles. The number of halogens is 2. The zero-order chi connectivity index (χ0) is 19.1. The Morgan fingerprint density at radius 1 is 1.27 bits per heavy atom. The van der Waals surface area contributed by atoms with Crippen LogP contribution in [0.25, 0.3) is 0 Å². The highest BCUT2D eigenvalue weighted by molar-refractivity contribution is 6.32. The minimum Gasteiger partial charge on any atom is -0.493 e. The first-order valence-corrected chi connectivity index (χ1v) is 9.06. The van der Waals surface area contributed by atoms with E-state index in [0.717, 1.165) is 6.42 Å². The van der Waals surface area contributed by atoms with Crippen LogP contribution in [0.4, 0.5) is 0 Å². The van der Waals surface area contributed by atoms with Crippen LogP contribution < -0.4 is 15.2 Å². The van der Waals surface area contributed by atoms with Crippen molar-refractivity contribution in [2.75, 3.05) is 27.3 Å². The fourth-order valence-corrected chi connectivity index (χ4v) is 2.50. The molecule has 1 aromatic rings. The molecular weight excluding hydrogens is 375 g/mol. The summed E-state index contributed by atoms with van der Waals surface area (Å²) in [4.78, 5) is 14.3. The van der Waals surface area contributed by atoms with Gasteiger partial charge < -0.3 is 20.1 Å². The van der Waals surface area contributed by atoms with Gasteiger partial charge in [0.1, 0.15) is 0 Å². The topological polar surface area (TPSA) is 64.8 Å². The molecule has 5 nitrogen and oxygen atoms in total. The standard InChI is InChI=1S/C19H31ClN2O3.ClH/c1-12(2)11-25-18-15(20)9-14(10-17(18)24-6)19(23)22(5)8-7-16(21)13(3)4;/h9-10,12-13,16H,7-8,11,21H2,1-6H3;1H. The van der Waals surface area contributed by atoms with Gasteiger partial charge in [0.05, 0.1) is 18.7 Å². The zero-order valence-corrected chi connectivity index (χ0v) is 18.1. The molecule has 1 amide bonds. The van der Waals surface area contributed by atoms with Crippen molar-refractivity contribution < 1.29 is 14.3 Å². The summed E-state index contributed by atoms with van der Waals surface area (Å²) in [5.74, 6) is 1.56.